The third kappa shape index (κ3) is 3.55. The zero-order valence-electron chi connectivity index (χ0n) is 9.64. The van der Waals surface area contributed by atoms with Crippen molar-refractivity contribution in [1.82, 2.24) is 0 Å². The molecule has 0 radical (unpaired) electrons. The summed E-state index contributed by atoms with van der Waals surface area (Å²) in [6.45, 7) is 3.55. The van der Waals surface area contributed by atoms with Crippen molar-refractivity contribution in [3.63, 3.8) is 0 Å². The van der Waals surface area contributed by atoms with Gasteiger partial charge in [0.2, 0.25) is 0 Å². The third-order valence-electron chi connectivity index (χ3n) is 2.22. The molecule has 16 heavy (non-hydrogen) atoms. The number of nitrogens with two attached hydrogens (primary N) is 2. The van der Waals surface area contributed by atoms with Gasteiger partial charge in [0, 0.05) is 6.04 Å². The molecule has 0 aliphatic carbocycles. The van der Waals surface area contributed by atoms with Gasteiger partial charge in [0.15, 0.2) is 6.10 Å². The van der Waals surface area contributed by atoms with E-state index in [9.17, 15) is 4.79 Å². The van der Waals surface area contributed by atoms with E-state index >= 15 is 0 Å². The number of carbonyl (C=O) groups is 1. The molecular weight excluding hydrogens is 204 g/mol. The fourth-order valence-electron chi connectivity index (χ4n) is 1.38. The highest BCUT2D eigenvalue weighted by atomic mass is 16.5. The smallest absolute Gasteiger partial charge is 0.258 e. The summed E-state index contributed by atoms with van der Waals surface area (Å²) in [7, 11) is 0. The highest BCUT2D eigenvalue weighted by Crippen LogP contribution is 2.20. The monoisotopic (exact) mass is 222 g/mol. The molecule has 4 nitrogen and oxygen atoms in total. The van der Waals surface area contributed by atoms with Crippen molar-refractivity contribution in [1.29, 1.82) is 0 Å². The largest absolute Gasteiger partial charge is 0.481 e. The van der Waals surface area contributed by atoms with Gasteiger partial charge in [-0.25, -0.2) is 0 Å². The van der Waals surface area contributed by atoms with Gasteiger partial charge in [-0.3, -0.25) is 4.79 Å². The maximum atomic E-state index is 10.9. The molecule has 0 fully saturated rings. The normalized spacial score (nSPS) is 14.2. The highest BCUT2D eigenvalue weighted by Gasteiger charge is 2.13. The van der Waals surface area contributed by atoms with Gasteiger partial charge in [0.1, 0.15) is 5.75 Å². The SMILES string of the molecule is CC(N)Cc1ccccc1OC(C)C(N)=O. The molecule has 2 unspecified atom stereocenters. The molecule has 0 saturated heterocycles. The molecule has 1 rings (SSSR count). The molecule has 2 atom stereocenters. The van der Waals surface area contributed by atoms with E-state index in [0.717, 1.165) is 5.56 Å². The second-order valence-electron chi connectivity index (χ2n) is 3.95. The number of para-hydroxylation sites is 1. The lowest BCUT2D eigenvalue weighted by Crippen LogP contribution is -2.31. The molecule has 0 bridgehead atoms. The van der Waals surface area contributed by atoms with E-state index in [4.69, 9.17) is 16.2 Å². The first kappa shape index (κ1) is 12.5. The molecule has 1 aromatic rings. The standard InChI is InChI=1S/C12H18N2O2/c1-8(13)7-10-5-3-4-6-11(10)16-9(2)12(14)15/h3-6,8-9H,7,13H2,1-2H3,(H2,14,15). The molecule has 1 aromatic carbocycles. The predicted molar refractivity (Wildman–Crippen MR) is 63.1 cm³/mol. The maximum absolute atomic E-state index is 10.9. The van der Waals surface area contributed by atoms with Crippen LogP contribution in [0.2, 0.25) is 0 Å². The minimum absolute atomic E-state index is 0.0497. The Labute approximate surface area is 95.6 Å². The maximum Gasteiger partial charge on any atom is 0.258 e. The first-order valence-corrected chi connectivity index (χ1v) is 5.30. The van der Waals surface area contributed by atoms with Crippen molar-refractivity contribution >= 4 is 5.91 Å². The van der Waals surface area contributed by atoms with Crippen LogP contribution in [0.1, 0.15) is 19.4 Å². The van der Waals surface area contributed by atoms with Crippen LogP contribution in [0, 0.1) is 0 Å². The van der Waals surface area contributed by atoms with Gasteiger partial charge in [-0.15, -0.1) is 0 Å². The van der Waals surface area contributed by atoms with Gasteiger partial charge >= 0.3 is 0 Å². The molecule has 0 aliphatic rings. The summed E-state index contributed by atoms with van der Waals surface area (Å²) in [5, 5.41) is 0. The van der Waals surface area contributed by atoms with Gasteiger partial charge in [-0.05, 0) is 31.9 Å². The lowest BCUT2D eigenvalue weighted by atomic mass is 10.1. The van der Waals surface area contributed by atoms with Crippen LogP contribution in [0.15, 0.2) is 24.3 Å². The molecule has 0 aromatic heterocycles. The summed E-state index contributed by atoms with van der Waals surface area (Å²) in [6, 6.07) is 7.57. The van der Waals surface area contributed by atoms with Crippen LogP contribution in [0.5, 0.6) is 5.75 Å². The molecule has 88 valence electrons. The Morgan fingerprint density at radius 2 is 2.00 bits per heavy atom. The zero-order chi connectivity index (χ0) is 12.1. The Morgan fingerprint density at radius 3 is 2.56 bits per heavy atom. The minimum atomic E-state index is -0.630. The van der Waals surface area contributed by atoms with Gasteiger partial charge in [-0.1, -0.05) is 18.2 Å². The lowest BCUT2D eigenvalue weighted by Gasteiger charge is -2.15. The summed E-state index contributed by atoms with van der Waals surface area (Å²) in [4.78, 5) is 10.9. The number of hydrogen-bond acceptors (Lipinski definition) is 3. The molecule has 0 spiro atoms. The average molecular weight is 222 g/mol. The minimum Gasteiger partial charge on any atom is -0.481 e. The van der Waals surface area contributed by atoms with Gasteiger partial charge < -0.3 is 16.2 Å². The Bertz CT molecular complexity index is 364. The second kappa shape index (κ2) is 5.51. The molecule has 0 saturated carbocycles. The van der Waals surface area contributed by atoms with Crippen LogP contribution in [0.4, 0.5) is 0 Å². The number of amides is 1. The number of rotatable bonds is 5. The van der Waals surface area contributed by atoms with Crippen molar-refractivity contribution in [2.24, 2.45) is 11.5 Å². The fourth-order valence-corrected chi connectivity index (χ4v) is 1.38. The van der Waals surface area contributed by atoms with Gasteiger partial charge in [-0.2, -0.15) is 0 Å². The van der Waals surface area contributed by atoms with E-state index in [1.165, 1.54) is 0 Å². The molecule has 0 heterocycles. The topological polar surface area (TPSA) is 78.3 Å². The summed E-state index contributed by atoms with van der Waals surface area (Å²) in [5.74, 6) is 0.196. The first-order valence-electron chi connectivity index (χ1n) is 5.30. The van der Waals surface area contributed by atoms with E-state index in [2.05, 4.69) is 0 Å². The Hall–Kier alpha value is -1.55. The van der Waals surface area contributed by atoms with Crippen LogP contribution < -0.4 is 16.2 Å². The van der Waals surface area contributed by atoms with Crippen molar-refractivity contribution in [3.8, 4) is 5.75 Å². The van der Waals surface area contributed by atoms with Crippen LogP contribution in [0.3, 0.4) is 0 Å². The van der Waals surface area contributed by atoms with Gasteiger partial charge in [0.25, 0.3) is 5.91 Å². The van der Waals surface area contributed by atoms with E-state index in [1.54, 1.807) is 6.92 Å². The Morgan fingerprint density at radius 1 is 1.38 bits per heavy atom. The Kier molecular flexibility index (Phi) is 4.31. The Balaban J connectivity index is 2.82. The van der Waals surface area contributed by atoms with Crippen LogP contribution in [-0.4, -0.2) is 18.1 Å². The van der Waals surface area contributed by atoms with Crippen molar-refractivity contribution in [3.05, 3.63) is 29.8 Å². The van der Waals surface area contributed by atoms with E-state index in [1.807, 2.05) is 31.2 Å². The highest BCUT2D eigenvalue weighted by molar-refractivity contribution is 5.78. The van der Waals surface area contributed by atoms with Crippen molar-refractivity contribution in [2.75, 3.05) is 0 Å². The van der Waals surface area contributed by atoms with Gasteiger partial charge in [0.05, 0.1) is 0 Å². The number of carbonyl (C=O) groups excluding carboxylic acids is 1. The lowest BCUT2D eigenvalue weighted by molar-refractivity contribution is -0.123. The van der Waals surface area contributed by atoms with Crippen LogP contribution in [0.25, 0.3) is 0 Å². The van der Waals surface area contributed by atoms with E-state index in [-0.39, 0.29) is 6.04 Å². The predicted octanol–water partition coefficient (Wildman–Crippen LogP) is 0.829. The molecular formula is C12H18N2O2. The molecule has 4 N–H and O–H groups in total. The average Bonchev–Trinajstić information content (AvgIpc) is 2.20. The number of primary amides is 1. The number of benzene rings is 1. The third-order valence-corrected chi connectivity index (χ3v) is 2.22. The van der Waals surface area contributed by atoms with Crippen molar-refractivity contribution in [2.45, 2.75) is 32.4 Å². The molecule has 1 amide bonds. The van der Waals surface area contributed by atoms with E-state index < -0.39 is 12.0 Å². The summed E-state index contributed by atoms with van der Waals surface area (Å²) in [6.07, 6.45) is 0.0796. The molecule has 0 aliphatic heterocycles. The van der Waals surface area contributed by atoms with Crippen LogP contribution in [-0.2, 0) is 11.2 Å². The first-order chi connectivity index (χ1) is 7.50. The summed E-state index contributed by atoms with van der Waals surface area (Å²) < 4.78 is 5.48. The quantitative estimate of drug-likeness (QED) is 0.774. The van der Waals surface area contributed by atoms with Crippen LogP contribution >= 0.6 is 0 Å². The summed E-state index contributed by atoms with van der Waals surface area (Å²) in [5.41, 5.74) is 11.9. The summed E-state index contributed by atoms with van der Waals surface area (Å²) >= 11 is 0. The fraction of sp³-hybridized carbons (Fsp3) is 0.417. The second-order valence-corrected chi connectivity index (χ2v) is 3.95. The number of hydrogen-bond donors (Lipinski definition) is 2. The molecule has 4 heteroatoms. The van der Waals surface area contributed by atoms with E-state index in [0.29, 0.717) is 12.2 Å². The van der Waals surface area contributed by atoms with Crippen molar-refractivity contribution < 1.29 is 9.53 Å². The number of ether oxygens (including phenoxy) is 1. The zero-order valence-corrected chi connectivity index (χ0v) is 9.64.